The molecule has 8 heteroatoms. The molecule has 0 amide bonds. The van der Waals surface area contributed by atoms with Crippen molar-refractivity contribution >= 4 is 5.65 Å². The highest BCUT2D eigenvalue weighted by Crippen LogP contribution is 2.36. The van der Waals surface area contributed by atoms with Gasteiger partial charge < -0.3 is 9.47 Å². The molecular formula is C17H14F3N3O2. The fourth-order valence-electron chi connectivity index (χ4n) is 2.55. The van der Waals surface area contributed by atoms with E-state index in [1.807, 2.05) is 0 Å². The zero-order chi connectivity index (χ0) is 17.4. The van der Waals surface area contributed by atoms with E-state index in [9.17, 15) is 13.2 Å². The Balaban J connectivity index is 1.74. The van der Waals surface area contributed by atoms with E-state index >= 15 is 0 Å². The number of ether oxygens (including phenoxy) is 2. The highest BCUT2D eigenvalue weighted by atomic mass is 19.3. The number of rotatable bonds is 6. The van der Waals surface area contributed by atoms with Gasteiger partial charge in [-0.1, -0.05) is 0 Å². The molecule has 1 saturated carbocycles. The lowest BCUT2D eigenvalue weighted by Crippen LogP contribution is -2.06. The van der Waals surface area contributed by atoms with Gasteiger partial charge in [0.15, 0.2) is 17.1 Å². The molecule has 1 aliphatic rings. The number of aromatic nitrogens is 3. The van der Waals surface area contributed by atoms with Crippen LogP contribution in [0.2, 0.25) is 0 Å². The summed E-state index contributed by atoms with van der Waals surface area (Å²) in [5, 5.41) is 3.77. The van der Waals surface area contributed by atoms with Crippen molar-refractivity contribution in [3.63, 3.8) is 0 Å². The van der Waals surface area contributed by atoms with Gasteiger partial charge in [0.05, 0.1) is 12.3 Å². The summed E-state index contributed by atoms with van der Waals surface area (Å²) in [6.45, 7) is -2.49. The van der Waals surface area contributed by atoms with Crippen molar-refractivity contribution in [3.05, 3.63) is 42.5 Å². The van der Waals surface area contributed by atoms with E-state index in [1.165, 1.54) is 22.8 Å². The summed E-state index contributed by atoms with van der Waals surface area (Å²) < 4.78 is 50.2. The molecule has 2 aromatic heterocycles. The number of nitrogens with zero attached hydrogens (tertiary/aromatic N) is 3. The van der Waals surface area contributed by atoms with Crippen LogP contribution < -0.4 is 9.47 Å². The Morgan fingerprint density at radius 3 is 2.76 bits per heavy atom. The van der Waals surface area contributed by atoms with Gasteiger partial charge >= 0.3 is 6.61 Å². The summed E-state index contributed by atoms with van der Waals surface area (Å²) in [4.78, 5) is 4.04. The highest BCUT2D eigenvalue weighted by Gasteiger charge is 2.23. The Kier molecular flexibility index (Phi) is 3.95. The normalized spacial score (nSPS) is 14.2. The summed E-state index contributed by atoms with van der Waals surface area (Å²) in [6.07, 6.45) is 3.67. The van der Waals surface area contributed by atoms with Gasteiger partial charge in [0, 0.05) is 17.8 Å². The quantitative estimate of drug-likeness (QED) is 0.677. The van der Waals surface area contributed by atoms with Crippen molar-refractivity contribution < 1.29 is 22.6 Å². The van der Waals surface area contributed by atoms with Crippen LogP contribution >= 0.6 is 0 Å². The van der Waals surface area contributed by atoms with Crippen molar-refractivity contribution in [1.82, 2.24) is 14.6 Å². The molecule has 0 saturated heterocycles. The maximum atomic E-state index is 13.4. The molecule has 25 heavy (non-hydrogen) atoms. The molecule has 1 aromatic carbocycles. The summed E-state index contributed by atoms with van der Waals surface area (Å²) in [5.74, 6) is -0.00246. The molecule has 3 aromatic rings. The smallest absolute Gasteiger partial charge is 0.387 e. The van der Waals surface area contributed by atoms with E-state index in [1.54, 1.807) is 18.2 Å². The molecule has 0 aliphatic heterocycles. The molecule has 1 aliphatic carbocycles. The van der Waals surface area contributed by atoms with Crippen molar-refractivity contribution in [3.8, 4) is 22.8 Å². The number of halogens is 3. The summed E-state index contributed by atoms with van der Waals surface area (Å²) >= 11 is 0. The Labute approximate surface area is 141 Å². The van der Waals surface area contributed by atoms with Gasteiger partial charge in [-0.25, -0.2) is 9.50 Å². The maximum Gasteiger partial charge on any atom is 0.387 e. The van der Waals surface area contributed by atoms with Crippen LogP contribution in [0.1, 0.15) is 12.8 Å². The van der Waals surface area contributed by atoms with Gasteiger partial charge in [0.2, 0.25) is 5.95 Å². The average molecular weight is 349 g/mol. The lowest BCUT2D eigenvalue weighted by Gasteiger charge is -2.14. The third-order valence-corrected chi connectivity index (χ3v) is 3.96. The maximum absolute atomic E-state index is 13.4. The van der Waals surface area contributed by atoms with Gasteiger partial charge in [-0.05, 0) is 43.0 Å². The molecule has 0 unspecified atom stereocenters. The molecule has 0 spiro atoms. The van der Waals surface area contributed by atoms with Gasteiger partial charge in [-0.2, -0.15) is 13.2 Å². The minimum atomic E-state index is -2.94. The monoisotopic (exact) mass is 349 g/mol. The predicted molar refractivity (Wildman–Crippen MR) is 83.2 cm³/mol. The van der Waals surface area contributed by atoms with Gasteiger partial charge in [-0.15, -0.1) is 5.10 Å². The van der Waals surface area contributed by atoms with Crippen LogP contribution in [0.5, 0.6) is 11.5 Å². The number of benzene rings is 1. The summed E-state index contributed by atoms with van der Waals surface area (Å²) in [6, 6.07) is 7.47. The minimum Gasteiger partial charge on any atom is -0.489 e. The third-order valence-electron chi connectivity index (χ3n) is 3.96. The topological polar surface area (TPSA) is 48.7 Å². The molecule has 4 rings (SSSR count). The van der Waals surface area contributed by atoms with Crippen LogP contribution in [0.25, 0.3) is 16.9 Å². The molecular weight excluding hydrogens is 335 g/mol. The zero-order valence-electron chi connectivity index (χ0n) is 13.0. The SMILES string of the molecule is Fc1cc2nccc(-c3ccc(OC(F)F)c(OCC4CC4)c3)n2n1. The molecule has 0 N–H and O–H groups in total. The number of hydrogen-bond acceptors (Lipinski definition) is 4. The first-order valence-corrected chi connectivity index (χ1v) is 7.82. The minimum absolute atomic E-state index is 0.0312. The number of hydrogen-bond donors (Lipinski definition) is 0. The third kappa shape index (κ3) is 3.38. The van der Waals surface area contributed by atoms with E-state index in [4.69, 9.17) is 4.74 Å². The second-order valence-electron chi connectivity index (χ2n) is 5.86. The first-order valence-electron chi connectivity index (χ1n) is 7.82. The first kappa shape index (κ1) is 15.7. The summed E-state index contributed by atoms with van der Waals surface area (Å²) in [7, 11) is 0. The number of fused-ring (bicyclic) bond motifs is 1. The lowest BCUT2D eigenvalue weighted by molar-refractivity contribution is -0.0515. The fourth-order valence-corrected chi connectivity index (χ4v) is 2.55. The van der Waals surface area contributed by atoms with Crippen LogP contribution in [0.4, 0.5) is 13.2 Å². The molecule has 0 radical (unpaired) electrons. The van der Waals surface area contributed by atoms with Gasteiger partial charge in [0.25, 0.3) is 0 Å². The lowest BCUT2D eigenvalue weighted by atomic mass is 10.1. The molecule has 5 nitrogen and oxygen atoms in total. The molecule has 130 valence electrons. The first-order chi connectivity index (χ1) is 12.1. The van der Waals surface area contributed by atoms with Crippen molar-refractivity contribution in [1.29, 1.82) is 0 Å². The largest absolute Gasteiger partial charge is 0.489 e. The fraction of sp³-hybridized carbons (Fsp3) is 0.294. The second-order valence-corrected chi connectivity index (χ2v) is 5.86. The van der Waals surface area contributed by atoms with E-state index in [-0.39, 0.29) is 11.5 Å². The predicted octanol–water partition coefficient (Wildman–Crippen LogP) is 3.93. The van der Waals surface area contributed by atoms with Crippen molar-refractivity contribution in [2.45, 2.75) is 19.5 Å². The molecule has 0 atom stereocenters. The van der Waals surface area contributed by atoms with Gasteiger partial charge in [-0.3, -0.25) is 0 Å². The summed E-state index contributed by atoms with van der Waals surface area (Å²) in [5.41, 5.74) is 1.54. The highest BCUT2D eigenvalue weighted by molar-refractivity contribution is 5.66. The van der Waals surface area contributed by atoms with Gasteiger partial charge in [0.1, 0.15) is 0 Å². The second kappa shape index (κ2) is 6.27. The van der Waals surface area contributed by atoms with Crippen molar-refractivity contribution in [2.75, 3.05) is 6.61 Å². The van der Waals surface area contributed by atoms with E-state index in [0.717, 1.165) is 12.8 Å². The Bertz CT molecular complexity index is 909. The van der Waals surface area contributed by atoms with Crippen molar-refractivity contribution in [2.24, 2.45) is 5.92 Å². The van der Waals surface area contributed by atoms with Crippen LogP contribution in [-0.2, 0) is 0 Å². The molecule has 1 fully saturated rings. The van der Waals surface area contributed by atoms with Crippen LogP contribution in [-0.4, -0.2) is 27.8 Å². The van der Waals surface area contributed by atoms with Crippen LogP contribution in [0.15, 0.2) is 36.5 Å². The molecule has 0 bridgehead atoms. The van der Waals surface area contributed by atoms with E-state index < -0.39 is 12.6 Å². The standard InChI is InChI=1S/C17H14F3N3O2/c18-15-8-16-21-6-5-12(23(16)22-15)11-3-4-13(25-17(19)20)14(7-11)24-9-10-1-2-10/h3-8,10,17H,1-2,9H2. The van der Waals surface area contributed by atoms with Crippen LogP contribution in [0.3, 0.4) is 0 Å². The average Bonchev–Trinajstić information content (AvgIpc) is 3.32. The van der Waals surface area contributed by atoms with E-state index in [0.29, 0.717) is 29.4 Å². The Morgan fingerprint density at radius 1 is 1.16 bits per heavy atom. The molecule has 2 heterocycles. The number of alkyl halides is 2. The Hall–Kier alpha value is -2.77. The Morgan fingerprint density at radius 2 is 2.00 bits per heavy atom. The zero-order valence-corrected chi connectivity index (χ0v) is 13.0. The van der Waals surface area contributed by atoms with E-state index in [2.05, 4.69) is 14.8 Å². The van der Waals surface area contributed by atoms with Crippen LogP contribution in [0, 0.1) is 11.9 Å².